The Morgan fingerprint density at radius 3 is 1.40 bits per heavy atom. The van der Waals surface area contributed by atoms with Gasteiger partial charge in [-0.25, -0.2) is 0 Å². The minimum atomic E-state index is -1.86. The van der Waals surface area contributed by atoms with Gasteiger partial charge in [0.05, 0.1) is 0 Å². The van der Waals surface area contributed by atoms with E-state index in [1.807, 2.05) is 0 Å². The zero-order chi connectivity index (χ0) is 17.0. The van der Waals surface area contributed by atoms with E-state index < -0.39 is 8.07 Å². The summed E-state index contributed by atoms with van der Waals surface area (Å²) in [6, 6.07) is 24.5. The largest absolute Gasteiger partial charge is 0.125 e. The molecule has 0 amide bonds. The summed E-state index contributed by atoms with van der Waals surface area (Å²) >= 11 is 0. The second-order valence-electron chi connectivity index (χ2n) is 7.00. The molecule has 2 aromatic rings. The molecule has 4 rings (SSSR count). The standard InChI is InChI=1S/C24H24Si/c1-3-11-21(12-4-1)19-25(23-15-7-8-16-23,24-17-9-10-18-24)20-22-13-5-2-6-14-22/h1-7,9,11-18H,8,10,19-20H2. The molecule has 25 heavy (non-hydrogen) atoms. The van der Waals surface area contributed by atoms with Gasteiger partial charge in [0.2, 0.25) is 0 Å². The van der Waals surface area contributed by atoms with E-state index >= 15 is 0 Å². The molecule has 0 radical (unpaired) electrons. The number of hydrogen-bond donors (Lipinski definition) is 0. The zero-order valence-corrected chi connectivity index (χ0v) is 15.6. The number of allylic oxidation sites excluding steroid dienone is 8. The summed E-state index contributed by atoms with van der Waals surface area (Å²) in [5, 5.41) is 3.22. The molecular weight excluding hydrogens is 316 g/mol. The topological polar surface area (TPSA) is 0 Å². The van der Waals surface area contributed by atoms with Crippen molar-refractivity contribution in [1.29, 1.82) is 0 Å². The molecule has 0 aromatic heterocycles. The maximum Gasteiger partial charge on any atom is 0.125 e. The summed E-state index contributed by atoms with van der Waals surface area (Å²) in [5.41, 5.74) is 2.93. The Morgan fingerprint density at radius 1 is 0.600 bits per heavy atom. The van der Waals surface area contributed by atoms with E-state index in [0.717, 1.165) is 12.8 Å². The van der Waals surface area contributed by atoms with Crippen LogP contribution in [0.25, 0.3) is 0 Å². The van der Waals surface area contributed by atoms with E-state index in [-0.39, 0.29) is 0 Å². The lowest BCUT2D eigenvalue weighted by molar-refractivity contribution is 1.21. The minimum absolute atomic E-state index is 1.09. The van der Waals surface area contributed by atoms with Gasteiger partial charge >= 0.3 is 0 Å². The van der Waals surface area contributed by atoms with Crippen molar-refractivity contribution in [2.45, 2.75) is 24.9 Å². The van der Waals surface area contributed by atoms with Crippen LogP contribution in [0.3, 0.4) is 0 Å². The van der Waals surface area contributed by atoms with Gasteiger partial charge in [0, 0.05) is 0 Å². The van der Waals surface area contributed by atoms with Gasteiger partial charge < -0.3 is 0 Å². The molecular formula is C24H24Si. The second kappa shape index (κ2) is 7.24. The van der Waals surface area contributed by atoms with Gasteiger partial charge in [-0.15, -0.1) is 0 Å². The van der Waals surface area contributed by atoms with Gasteiger partial charge in [0.1, 0.15) is 8.07 Å². The van der Waals surface area contributed by atoms with Crippen molar-refractivity contribution in [3.8, 4) is 0 Å². The molecule has 2 aliphatic carbocycles. The smallest absolute Gasteiger partial charge is 0.0810 e. The van der Waals surface area contributed by atoms with Gasteiger partial charge in [0.25, 0.3) is 0 Å². The van der Waals surface area contributed by atoms with Crippen LogP contribution in [0.1, 0.15) is 24.0 Å². The first kappa shape index (κ1) is 16.1. The van der Waals surface area contributed by atoms with Crippen molar-refractivity contribution in [2.24, 2.45) is 0 Å². The molecule has 1 heteroatoms. The van der Waals surface area contributed by atoms with Crippen LogP contribution in [-0.4, -0.2) is 8.07 Å². The lowest BCUT2D eigenvalue weighted by Crippen LogP contribution is -2.45. The Balaban J connectivity index is 1.82. The van der Waals surface area contributed by atoms with Crippen molar-refractivity contribution >= 4 is 8.07 Å². The highest BCUT2D eigenvalue weighted by molar-refractivity contribution is 6.93. The highest BCUT2D eigenvalue weighted by atomic mass is 28.3. The first-order chi connectivity index (χ1) is 12.4. The van der Waals surface area contributed by atoms with Crippen LogP contribution in [0.2, 0.25) is 0 Å². The van der Waals surface area contributed by atoms with Crippen molar-refractivity contribution in [3.63, 3.8) is 0 Å². The van der Waals surface area contributed by atoms with E-state index in [1.165, 1.54) is 23.2 Å². The maximum absolute atomic E-state index is 2.48. The highest BCUT2D eigenvalue weighted by Crippen LogP contribution is 2.37. The minimum Gasteiger partial charge on any atom is -0.0810 e. The third-order valence-corrected chi connectivity index (χ3v) is 10.3. The molecule has 0 nitrogen and oxygen atoms in total. The molecule has 0 N–H and O–H groups in total. The summed E-state index contributed by atoms with van der Waals surface area (Å²) in [6.45, 7) is 0. The molecule has 124 valence electrons. The fourth-order valence-electron chi connectivity index (χ4n) is 4.15. The van der Waals surface area contributed by atoms with Gasteiger partial charge in [-0.3, -0.25) is 0 Å². The summed E-state index contributed by atoms with van der Waals surface area (Å²) in [5.74, 6) is 0. The van der Waals surface area contributed by atoms with Crippen LogP contribution >= 0.6 is 0 Å². The van der Waals surface area contributed by atoms with E-state index in [1.54, 1.807) is 10.4 Å². The van der Waals surface area contributed by atoms with E-state index in [0.29, 0.717) is 0 Å². The number of rotatable bonds is 6. The van der Waals surface area contributed by atoms with Gasteiger partial charge in [-0.2, -0.15) is 0 Å². The Kier molecular flexibility index (Phi) is 4.67. The first-order valence-electron chi connectivity index (χ1n) is 9.19. The average molecular weight is 341 g/mol. The van der Waals surface area contributed by atoms with Gasteiger partial charge in [-0.1, -0.05) is 119 Å². The third kappa shape index (κ3) is 3.38. The van der Waals surface area contributed by atoms with Crippen LogP contribution in [0, 0.1) is 0 Å². The van der Waals surface area contributed by atoms with Crippen LogP contribution in [-0.2, 0) is 12.1 Å². The fourth-order valence-corrected chi connectivity index (χ4v) is 9.18. The Hall–Kier alpha value is -2.38. The quantitative estimate of drug-likeness (QED) is 0.579. The molecule has 0 saturated heterocycles. The van der Waals surface area contributed by atoms with Crippen LogP contribution in [0.5, 0.6) is 0 Å². The number of benzene rings is 2. The summed E-state index contributed by atoms with van der Waals surface area (Å²) < 4.78 is 0. The average Bonchev–Trinajstić information content (AvgIpc) is 3.37. The lowest BCUT2D eigenvalue weighted by atomic mass is 10.2. The van der Waals surface area contributed by atoms with Crippen molar-refractivity contribution < 1.29 is 0 Å². The molecule has 2 aromatic carbocycles. The monoisotopic (exact) mass is 340 g/mol. The molecule has 0 spiro atoms. The lowest BCUT2D eigenvalue weighted by Gasteiger charge is -2.34. The van der Waals surface area contributed by atoms with Crippen molar-refractivity contribution in [2.75, 3.05) is 0 Å². The normalized spacial score (nSPS) is 16.2. The van der Waals surface area contributed by atoms with Crippen LogP contribution in [0.15, 0.2) is 108 Å². The van der Waals surface area contributed by atoms with E-state index in [9.17, 15) is 0 Å². The predicted molar refractivity (Wildman–Crippen MR) is 110 cm³/mol. The number of hydrogen-bond acceptors (Lipinski definition) is 0. The molecule has 0 bridgehead atoms. The van der Waals surface area contributed by atoms with Crippen molar-refractivity contribution in [1.82, 2.24) is 0 Å². The Bertz CT molecular complexity index is 765. The fraction of sp³-hybridized carbons (Fsp3) is 0.167. The zero-order valence-electron chi connectivity index (χ0n) is 14.6. The highest BCUT2D eigenvalue weighted by Gasteiger charge is 2.40. The Labute approximate surface area is 151 Å². The molecule has 0 atom stereocenters. The summed E-state index contributed by atoms with van der Waals surface area (Å²) in [4.78, 5) is 0. The van der Waals surface area contributed by atoms with E-state index in [4.69, 9.17) is 0 Å². The van der Waals surface area contributed by atoms with E-state index in [2.05, 4.69) is 97.1 Å². The molecule has 0 fully saturated rings. The van der Waals surface area contributed by atoms with Crippen LogP contribution in [0.4, 0.5) is 0 Å². The maximum atomic E-state index is 2.48. The first-order valence-corrected chi connectivity index (χ1v) is 11.6. The van der Waals surface area contributed by atoms with Crippen LogP contribution < -0.4 is 0 Å². The van der Waals surface area contributed by atoms with Gasteiger partial charge in [0.15, 0.2) is 0 Å². The second-order valence-corrected chi connectivity index (χ2v) is 11.0. The summed E-state index contributed by atoms with van der Waals surface area (Å²) in [7, 11) is -1.86. The van der Waals surface area contributed by atoms with Crippen molar-refractivity contribution in [3.05, 3.63) is 119 Å². The van der Waals surface area contributed by atoms with Gasteiger partial charge in [-0.05, 0) is 24.9 Å². The molecule has 0 saturated carbocycles. The molecule has 0 aliphatic heterocycles. The predicted octanol–water partition coefficient (Wildman–Crippen LogP) is 5.85. The molecule has 2 aliphatic rings. The molecule has 0 heterocycles. The SMILES string of the molecule is C1=CC([Si](Cc2ccccc2)(Cc2ccccc2)C2=CCC=C2)=CC1. The summed E-state index contributed by atoms with van der Waals surface area (Å²) in [6.07, 6.45) is 16.6. The Morgan fingerprint density at radius 2 is 1.04 bits per heavy atom. The third-order valence-electron chi connectivity index (χ3n) is 5.35. The molecule has 0 unspecified atom stereocenters.